The van der Waals surface area contributed by atoms with Gasteiger partial charge in [-0.1, -0.05) is 12.1 Å². The fourth-order valence-electron chi connectivity index (χ4n) is 2.71. The number of hydrogen-bond donors (Lipinski definition) is 0. The van der Waals surface area contributed by atoms with Gasteiger partial charge in [0, 0.05) is 18.8 Å². The van der Waals surface area contributed by atoms with Gasteiger partial charge in [0.15, 0.2) is 0 Å². The average Bonchev–Trinajstić information content (AvgIpc) is 3.20. The highest BCUT2D eigenvalue weighted by molar-refractivity contribution is 5.63. The minimum absolute atomic E-state index is 0.0764. The number of benzene rings is 2. The Morgan fingerprint density at radius 3 is 1.88 bits per heavy atom. The Morgan fingerprint density at radius 2 is 1.36 bits per heavy atom. The molecule has 0 bridgehead atoms. The third-order valence-corrected chi connectivity index (χ3v) is 4.05. The number of nitriles is 2. The second-order valence-electron chi connectivity index (χ2n) is 5.78. The predicted molar refractivity (Wildman–Crippen MR) is 97.7 cm³/mol. The van der Waals surface area contributed by atoms with Crippen LogP contribution in [0.25, 0.3) is 6.08 Å². The smallest absolute Gasteiger partial charge is 0.130 e. The Labute approximate surface area is 147 Å². The van der Waals surface area contributed by atoms with Crippen molar-refractivity contribution in [3.05, 3.63) is 59.7 Å². The van der Waals surface area contributed by atoms with E-state index in [4.69, 9.17) is 10.5 Å². The zero-order valence-electron chi connectivity index (χ0n) is 13.8. The Morgan fingerprint density at radius 1 is 0.840 bits per heavy atom. The van der Waals surface area contributed by atoms with Gasteiger partial charge in [0.05, 0.1) is 11.4 Å². The maximum Gasteiger partial charge on any atom is 0.130 e. The van der Waals surface area contributed by atoms with E-state index >= 15 is 0 Å². The number of rotatable bonds is 4. The quantitative estimate of drug-likeness (QED) is 0.577. The van der Waals surface area contributed by atoms with E-state index in [0.717, 1.165) is 30.0 Å². The molecule has 0 unspecified atom stereocenters. The number of nitrogens with zero attached hydrogens (tertiary/aromatic N) is 5. The lowest BCUT2D eigenvalue weighted by Crippen LogP contribution is -2.17. The van der Waals surface area contributed by atoms with Gasteiger partial charge in [0.2, 0.25) is 0 Å². The van der Waals surface area contributed by atoms with Gasteiger partial charge in [-0.3, -0.25) is 0 Å². The Kier molecular flexibility index (Phi) is 5.19. The first-order valence-electron chi connectivity index (χ1n) is 8.17. The third kappa shape index (κ3) is 4.31. The molecule has 25 heavy (non-hydrogen) atoms. The molecule has 0 amide bonds. The fourth-order valence-corrected chi connectivity index (χ4v) is 2.71. The van der Waals surface area contributed by atoms with Crippen molar-refractivity contribution in [1.29, 1.82) is 10.5 Å². The van der Waals surface area contributed by atoms with Crippen molar-refractivity contribution in [2.45, 2.75) is 12.8 Å². The number of allylic oxidation sites excluding steroid dienone is 1. The van der Waals surface area contributed by atoms with Crippen LogP contribution in [0.2, 0.25) is 0 Å². The lowest BCUT2D eigenvalue weighted by Gasteiger charge is -2.17. The van der Waals surface area contributed by atoms with Crippen LogP contribution in [0.1, 0.15) is 18.4 Å². The number of anilines is 1. The first-order valence-corrected chi connectivity index (χ1v) is 8.17. The lowest BCUT2D eigenvalue weighted by atomic mass is 10.1. The van der Waals surface area contributed by atoms with Crippen molar-refractivity contribution < 1.29 is 0 Å². The van der Waals surface area contributed by atoms with Crippen molar-refractivity contribution in [3.63, 3.8) is 0 Å². The Hall–Kier alpha value is -3.44. The van der Waals surface area contributed by atoms with E-state index in [1.54, 1.807) is 24.3 Å². The predicted octanol–water partition coefficient (Wildman–Crippen LogP) is 5.13. The minimum Gasteiger partial charge on any atom is -0.372 e. The molecule has 5 nitrogen and oxygen atoms in total. The highest BCUT2D eigenvalue weighted by atomic mass is 15.1. The molecule has 1 heterocycles. The van der Waals surface area contributed by atoms with E-state index in [1.165, 1.54) is 24.6 Å². The van der Waals surface area contributed by atoms with Crippen LogP contribution in [0.5, 0.6) is 0 Å². The van der Waals surface area contributed by atoms with E-state index in [9.17, 15) is 0 Å². The molecular weight excluding hydrogens is 310 g/mol. The number of azo groups is 1. The maximum atomic E-state index is 8.76. The van der Waals surface area contributed by atoms with Crippen LogP contribution in [-0.4, -0.2) is 13.1 Å². The van der Waals surface area contributed by atoms with Gasteiger partial charge in [0.1, 0.15) is 17.7 Å². The molecular formula is C20H17N5. The van der Waals surface area contributed by atoms with Crippen molar-refractivity contribution in [2.24, 2.45) is 10.2 Å². The van der Waals surface area contributed by atoms with Gasteiger partial charge in [-0.2, -0.15) is 20.8 Å². The normalized spacial score (nSPS) is 13.4. The largest absolute Gasteiger partial charge is 0.372 e. The molecule has 1 saturated heterocycles. The summed E-state index contributed by atoms with van der Waals surface area (Å²) in [5, 5.41) is 26.0. The van der Waals surface area contributed by atoms with E-state index < -0.39 is 0 Å². The van der Waals surface area contributed by atoms with Crippen LogP contribution in [0.4, 0.5) is 17.1 Å². The average molecular weight is 327 g/mol. The molecule has 122 valence electrons. The highest BCUT2D eigenvalue weighted by Gasteiger charge is 2.11. The Balaban J connectivity index is 1.66. The van der Waals surface area contributed by atoms with Crippen LogP contribution in [0.15, 0.2) is 64.3 Å². The summed E-state index contributed by atoms with van der Waals surface area (Å²) in [5.41, 5.74) is 3.62. The van der Waals surface area contributed by atoms with Gasteiger partial charge in [-0.15, -0.1) is 0 Å². The van der Waals surface area contributed by atoms with Crippen LogP contribution in [-0.2, 0) is 0 Å². The van der Waals surface area contributed by atoms with Crippen molar-refractivity contribution in [2.75, 3.05) is 18.0 Å². The fraction of sp³-hybridized carbons (Fsp3) is 0.200. The maximum absolute atomic E-state index is 8.76. The summed E-state index contributed by atoms with van der Waals surface area (Å²) in [5.74, 6) is 0. The molecule has 0 atom stereocenters. The standard InChI is InChI=1S/C20H17N5/c21-14-17(15-22)13-16-3-5-18(6-4-16)23-24-19-7-9-20(10-8-19)25-11-1-2-12-25/h3-10,13H,1-2,11-12H2. The van der Waals surface area contributed by atoms with Gasteiger partial charge in [-0.05, 0) is 60.9 Å². The van der Waals surface area contributed by atoms with Crippen LogP contribution < -0.4 is 4.90 Å². The molecule has 0 radical (unpaired) electrons. The lowest BCUT2D eigenvalue weighted by molar-refractivity contribution is 0.949. The van der Waals surface area contributed by atoms with Gasteiger partial charge >= 0.3 is 0 Å². The van der Waals surface area contributed by atoms with Crippen molar-refractivity contribution in [3.8, 4) is 12.1 Å². The molecule has 0 aliphatic carbocycles. The zero-order valence-corrected chi connectivity index (χ0v) is 13.8. The van der Waals surface area contributed by atoms with Crippen molar-refractivity contribution >= 4 is 23.1 Å². The minimum atomic E-state index is 0.0764. The summed E-state index contributed by atoms with van der Waals surface area (Å²) in [6.45, 7) is 2.25. The summed E-state index contributed by atoms with van der Waals surface area (Å²) in [6.07, 6.45) is 4.06. The van der Waals surface area contributed by atoms with Crippen molar-refractivity contribution in [1.82, 2.24) is 0 Å². The summed E-state index contributed by atoms with van der Waals surface area (Å²) in [4.78, 5) is 2.38. The zero-order chi connectivity index (χ0) is 17.5. The summed E-state index contributed by atoms with van der Waals surface area (Å²) in [7, 11) is 0. The molecule has 1 fully saturated rings. The van der Waals surface area contributed by atoms with Gasteiger partial charge < -0.3 is 4.90 Å². The van der Waals surface area contributed by atoms with Gasteiger partial charge in [-0.25, -0.2) is 0 Å². The molecule has 0 spiro atoms. The van der Waals surface area contributed by atoms with Crippen LogP contribution >= 0.6 is 0 Å². The monoisotopic (exact) mass is 327 g/mol. The van der Waals surface area contributed by atoms with Crippen LogP contribution in [0, 0.1) is 22.7 Å². The SMILES string of the molecule is N#CC(C#N)=Cc1ccc(N=Nc2ccc(N3CCCC3)cc2)cc1. The van der Waals surface area contributed by atoms with E-state index in [1.807, 2.05) is 24.3 Å². The van der Waals surface area contributed by atoms with E-state index in [2.05, 4.69) is 27.3 Å². The van der Waals surface area contributed by atoms with Crippen LogP contribution in [0.3, 0.4) is 0 Å². The number of hydrogen-bond acceptors (Lipinski definition) is 5. The summed E-state index contributed by atoms with van der Waals surface area (Å²) < 4.78 is 0. The molecule has 0 saturated carbocycles. The van der Waals surface area contributed by atoms with E-state index in [0.29, 0.717) is 0 Å². The molecule has 0 aromatic heterocycles. The summed E-state index contributed by atoms with van der Waals surface area (Å²) >= 11 is 0. The summed E-state index contributed by atoms with van der Waals surface area (Å²) in [6, 6.07) is 19.0. The first-order chi connectivity index (χ1) is 12.3. The Bertz CT molecular complexity index is 842. The first kappa shape index (κ1) is 16.4. The third-order valence-electron chi connectivity index (χ3n) is 4.05. The van der Waals surface area contributed by atoms with Gasteiger partial charge in [0.25, 0.3) is 0 Å². The molecule has 5 heteroatoms. The molecule has 1 aliphatic rings. The molecule has 0 N–H and O–H groups in total. The second-order valence-corrected chi connectivity index (χ2v) is 5.78. The van der Waals surface area contributed by atoms with E-state index in [-0.39, 0.29) is 5.57 Å². The topological polar surface area (TPSA) is 75.5 Å². The molecule has 2 aromatic carbocycles. The molecule has 3 rings (SSSR count). The molecule has 1 aliphatic heterocycles. The molecule has 2 aromatic rings. The highest BCUT2D eigenvalue weighted by Crippen LogP contribution is 2.24. The second kappa shape index (κ2) is 7.90.